The summed E-state index contributed by atoms with van der Waals surface area (Å²) in [6.07, 6.45) is 1.45. The maximum atomic E-state index is 10.4. The van der Waals surface area contributed by atoms with Gasteiger partial charge in [0.2, 0.25) is 0 Å². The van der Waals surface area contributed by atoms with Gasteiger partial charge in [0.1, 0.15) is 6.61 Å². The lowest BCUT2D eigenvalue weighted by Gasteiger charge is -1.93. The van der Waals surface area contributed by atoms with Gasteiger partial charge in [0.15, 0.2) is 11.7 Å². The number of nitrogens with one attached hydrogen (secondary N) is 1. The van der Waals surface area contributed by atoms with Gasteiger partial charge in [-0.3, -0.25) is 4.79 Å². The summed E-state index contributed by atoms with van der Waals surface area (Å²) < 4.78 is 4.99. The first kappa shape index (κ1) is 6.13. The van der Waals surface area contributed by atoms with E-state index < -0.39 is 0 Å². The van der Waals surface area contributed by atoms with Crippen LogP contribution in [-0.2, 0) is 9.53 Å². The summed E-state index contributed by atoms with van der Waals surface area (Å²) in [5, 5.41) is 2.91. The first-order chi connectivity index (χ1) is 4.29. The number of carbonyl (C=O) groups is 1. The van der Waals surface area contributed by atoms with Crippen LogP contribution in [0.5, 0.6) is 0 Å². The van der Waals surface area contributed by atoms with Crippen LogP contribution in [0.25, 0.3) is 0 Å². The summed E-state index contributed by atoms with van der Waals surface area (Å²) in [6, 6.07) is 0. The van der Waals surface area contributed by atoms with Crippen LogP contribution in [-0.4, -0.2) is 18.9 Å². The molecule has 0 aromatic rings. The normalized spacial score (nSPS) is 21.2. The van der Waals surface area contributed by atoms with E-state index in [1.54, 1.807) is 0 Å². The van der Waals surface area contributed by atoms with Crippen molar-refractivity contribution in [1.82, 2.24) is 5.32 Å². The highest BCUT2D eigenvalue weighted by Crippen LogP contribution is 1.97. The van der Waals surface area contributed by atoms with E-state index in [-0.39, 0.29) is 5.78 Å². The maximum absolute atomic E-state index is 10.4. The lowest BCUT2D eigenvalue weighted by molar-refractivity contribution is -0.112. The molecule has 1 rings (SSSR count). The summed E-state index contributed by atoms with van der Waals surface area (Å²) in [5.41, 5.74) is 0. The first-order valence-corrected chi connectivity index (χ1v) is 2.88. The number of carbonyl (C=O) groups excluding carboxylic acids is 1. The van der Waals surface area contributed by atoms with Crippen molar-refractivity contribution in [3.8, 4) is 0 Å². The Kier molecular flexibility index (Phi) is 1.72. The van der Waals surface area contributed by atoms with Gasteiger partial charge in [-0.1, -0.05) is 0 Å². The molecular formula is C6H9NO2. The summed E-state index contributed by atoms with van der Waals surface area (Å²) in [4.78, 5) is 10.4. The number of hydrogen-bond acceptors (Lipinski definition) is 3. The molecule has 3 nitrogen and oxygen atoms in total. The molecule has 0 atom stereocenters. The average molecular weight is 127 g/mol. The maximum Gasteiger partial charge on any atom is 0.190 e. The van der Waals surface area contributed by atoms with Gasteiger partial charge in [-0.2, -0.15) is 0 Å². The van der Waals surface area contributed by atoms with Crippen molar-refractivity contribution in [2.75, 3.05) is 13.2 Å². The van der Waals surface area contributed by atoms with Crippen LogP contribution < -0.4 is 5.32 Å². The van der Waals surface area contributed by atoms with E-state index in [1.807, 2.05) is 0 Å². The van der Waals surface area contributed by atoms with Crippen LogP contribution in [0.2, 0.25) is 0 Å². The zero-order chi connectivity index (χ0) is 6.69. The fraction of sp³-hybridized carbons (Fsp3) is 0.500. The van der Waals surface area contributed by atoms with Gasteiger partial charge in [0.05, 0.1) is 6.54 Å². The summed E-state index contributed by atoms with van der Waals surface area (Å²) in [7, 11) is 0. The van der Waals surface area contributed by atoms with Gasteiger partial charge < -0.3 is 10.1 Å². The minimum absolute atomic E-state index is 0.0133. The van der Waals surface area contributed by atoms with E-state index in [0.29, 0.717) is 12.5 Å². The van der Waals surface area contributed by atoms with Crippen LogP contribution in [0.3, 0.4) is 0 Å². The first-order valence-electron chi connectivity index (χ1n) is 2.88. The zero-order valence-electron chi connectivity index (χ0n) is 5.31. The van der Waals surface area contributed by atoms with Crippen molar-refractivity contribution >= 4 is 5.78 Å². The summed E-state index contributed by atoms with van der Waals surface area (Å²) in [5.74, 6) is 0.613. The minimum atomic E-state index is 0.0133. The molecular weight excluding hydrogens is 118 g/mol. The second kappa shape index (κ2) is 2.53. The Labute approximate surface area is 53.7 Å². The Morgan fingerprint density at radius 2 is 2.67 bits per heavy atom. The molecule has 0 radical (unpaired) electrons. The molecule has 9 heavy (non-hydrogen) atoms. The van der Waals surface area contributed by atoms with Crippen molar-refractivity contribution in [3.05, 3.63) is 12.0 Å². The summed E-state index contributed by atoms with van der Waals surface area (Å²) in [6.45, 7) is 2.97. The molecule has 0 aromatic carbocycles. The molecule has 1 aliphatic heterocycles. The molecule has 1 saturated heterocycles. The molecule has 0 unspecified atom stereocenters. The molecule has 0 saturated carbocycles. The fourth-order valence-electron chi connectivity index (χ4n) is 0.664. The highest BCUT2D eigenvalue weighted by atomic mass is 16.5. The van der Waals surface area contributed by atoms with E-state index in [2.05, 4.69) is 5.32 Å². The lowest BCUT2D eigenvalue weighted by Crippen LogP contribution is -2.05. The number of allylic oxidation sites excluding steroid dienone is 1. The van der Waals surface area contributed by atoms with E-state index in [9.17, 15) is 4.79 Å². The third-order valence-electron chi connectivity index (χ3n) is 0.993. The number of hydrogen-bond donors (Lipinski definition) is 1. The molecule has 0 aliphatic carbocycles. The summed E-state index contributed by atoms with van der Waals surface area (Å²) >= 11 is 0. The largest absolute Gasteiger partial charge is 0.477 e. The highest BCUT2D eigenvalue weighted by molar-refractivity contribution is 5.87. The molecule has 3 heteroatoms. The quantitative estimate of drug-likeness (QED) is 0.505. The monoisotopic (exact) mass is 127 g/mol. The van der Waals surface area contributed by atoms with Crippen molar-refractivity contribution < 1.29 is 9.53 Å². The number of ketones is 1. The van der Waals surface area contributed by atoms with E-state index >= 15 is 0 Å². The van der Waals surface area contributed by atoms with Crippen LogP contribution in [0.1, 0.15) is 6.92 Å². The van der Waals surface area contributed by atoms with Gasteiger partial charge in [-0.15, -0.1) is 0 Å². The number of ether oxygens (including phenoxy) is 1. The fourth-order valence-corrected chi connectivity index (χ4v) is 0.664. The Morgan fingerprint density at radius 3 is 3.11 bits per heavy atom. The standard InChI is InChI=1S/C6H9NO2/c1-5(8)4-6-7-2-3-9-6/h4,7H,2-3H2,1H3. The second-order valence-corrected chi connectivity index (χ2v) is 1.89. The molecule has 1 heterocycles. The van der Waals surface area contributed by atoms with Crippen LogP contribution in [0, 0.1) is 0 Å². The van der Waals surface area contributed by atoms with Crippen molar-refractivity contribution in [2.45, 2.75) is 6.92 Å². The number of rotatable bonds is 1. The van der Waals surface area contributed by atoms with Crippen LogP contribution >= 0.6 is 0 Å². The molecule has 0 amide bonds. The van der Waals surface area contributed by atoms with Gasteiger partial charge >= 0.3 is 0 Å². The van der Waals surface area contributed by atoms with Crippen LogP contribution in [0.15, 0.2) is 12.0 Å². The smallest absolute Gasteiger partial charge is 0.190 e. The molecule has 50 valence electrons. The molecule has 0 spiro atoms. The minimum Gasteiger partial charge on any atom is -0.477 e. The van der Waals surface area contributed by atoms with Gasteiger partial charge in [0.25, 0.3) is 0 Å². The Bertz CT molecular complexity index is 143. The SMILES string of the molecule is CC(=O)C=C1NCCO1. The topological polar surface area (TPSA) is 38.3 Å². The van der Waals surface area contributed by atoms with Crippen molar-refractivity contribution in [3.63, 3.8) is 0 Å². The predicted molar refractivity (Wildman–Crippen MR) is 32.7 cm³/mol. The van der Waals surface area contributed by atoms with Crippen molar-refractivity contribution in [2.24, 2.45) is 0 Å². The van der Waals surface area contributed by atoms with Gasteiger partial charge in [0, 0.05) is 6.08 Å². The second-order valence-electron chi connectivity index (χ2n) is 1.89. The third kappa shape index (κ3) is 1.76. The Morgan fingerprint density at radius 1 is 1.89 bits per heavy atom. The molecule has 1 aliphatic rings. The predicted octanol–water partition coefficient (Wildman–Crippen LogP) is 0.0366. The van der Waals surface area contributed by atoms with Gasteiger partial charge in [-0.25, -0.2) is 0 Å². The van der Waals surface area contributed by atoms with E-state index in [4.69, 9.17) is 4.74 Å². The van der Waals surface area contributed by atoms with E-state index in [1.165, 1.54) is 13.0 Å². The zero-order valence-corrected chi connectivity index (χ0v) is 5.31. The lowest BCUT2D eigenvalue weighted by atomic mass is 10.4. The molecule has 1 N–H and O–H groups in total. The molecule has 1 fully saturated rings. The Hall–Kier alpha value is -0.990. The third-order valence-corrected chi connectivity index (χ3v) is 0.993. The highest BCUT2D eigenvalue weighted by Gasteiger charge is 2.04. The average Bonchev–Trinajstić information content (AvgIpc) is 2.15. The van der Waals surface area contributed by atoms with E-state index in [0.717, 1.165) is 6.54 Å². The van der Waals surface area contributed by atoms with Crippen LogP contribution in [0.4, 0.5) is 0 Å². The Balaban J connectivity index is 2.49. The van der Waals surface area contributed by atoms with Gasteiger partial charge in [-0.05, 0) is 6.92 Å². The van der Waals surface area contributed by atoms with Crippen molar-refractivity contribution in [1.29, 1.82) is 0 Å². The molecule has 0 bridgehead atoms. The molecule has 0 aromatic heterocycles.